The summed E-state index contributed by atoms with van der Waals surface area (Å²) in [4.78, 5) is 26.7. The van der Waals surface area contributed by atoms with Gasteiger partial charge in [-0.3, -0.25) is 9.59 Å². The van der Waals surface area contributed by atoms with Crippen LogP contribution in [0.1, 0.15) is 34.3 Å². The van der Waals surface area contributed by atoms with Crippen molar-refractivity contribution in [1.82, 2.24) is 5.32 Å². The summed E-state index contributed by atoms with van der Waals surface area (Å²) in [6.45, 7) is 1.53. The van der Waals surface area contributed by atoms with Gasteiger partial charge in [-0.1, -0.05) is 30.3 Å². The lowest BCUT2D eigenvalue weighted by molar-refractivity contribution is -0.118. The Morgan fingerprint density at radius 1 is 1.15 bits per heavy atom. The van der Waals surface area contributed by atoms with E-state index < -0.39 is 0 Å². The number of carbonyl (C=O) groups excluding carboxylic acids is 2. The van der Waals surface area contributed by atoms with Gasteiger partial charge < -0.3 is 15.0 Å². The lowest BCUT2D eigenvalue weighted by Crippen LogP contribution is -2.37. The Morgan fingerprint density at radius 2 is 2.00 bits per heavy atom. The molecule has 136 valence electrons. The Balaban J connectivity index is 1.54. The zero-order valence-corrected chi connectivity index (χ0v) is 15.0. The highest BCUT2D eigenvalue weighted by Crippen LogP contribution is 2.27. The van der Waals surface area contributed by atoms with E-state index in [1.54, 1.807) is 13.2 Å². The number of carbonyl (C=O) groups is 2. The van der Waals surface area contributed by atoms with Crippen LogP contribution in [0.5, 0.6) is 0 Å². The first-order valence-corrected chi connectivity index (χ1v) is 8.93. The molecule has 0 bridgehead atoms. The highest BCUT2D eigenvalue weighted by Gasteiger charge is 2.21. The van der Waals surface area contributed by atoms with Crippen LogP contribution in [0.3, 0.4) is 0 Å². The number of para-hydroxylation sites is 1. The van der Waals surface area contributed by atoms with Gasteiger partial charge in [-0.25, -0.2) is 0 Å². The van der Waals surface area contributed by atoms with Gasteiger partial charge >= 0.3 is 0 Å². The summed E-state index contributed by atoms with van der Waals surface area (Å²) in [5, 5.41) is 2.83. The summed E-state index contributed by atoms with van der Waals surface area (Å²) in [5.41, 5.74) is 3.74. The molecule has 5 nitrogen and oxygen atoms in total. The van der Waals surface area contributed by atoms with Gasteiger partial charge in [-0.05, 0) is 42.2 Å². The second-order valence-electron chi connectivity index (χ2n) is 6.42. The van der Waals surface area contributed by atoms with Crippen molar-refractivity contribution in [3.05, 3.63) is 65.2 Å². The fourth-order valence-electron chi connectivity index (χ4n) is 3.28. The van der Waals surface area contributed by atoms with E-state index in [0.29, 0.717) is 18.7 Å². The van der Waals surface area contributed by atoms with Crippen LogP contribution in [0.2, 0.25) is 0 Å². The maximum atomic E-state index is 12.6. The van der Waals surface area contributed by atoms with E-state index >= 15 is 0 Å². The Bertz CT molecular complexity index is 788. The number of hydrogen-bond acceptors (Lipinski definition) is 3. The molecule has 1 aliphatic heterocycles. The largest absolute Gasteiger partial charge is 0.380 e. The van der Waals surface area contributed by atoms with Gasteiger partial charge in [0.1, 0.15) is 0 Å². The molecule has 2 amide bonds. The van der Waals surface area contributed by atoms with Crippen LogP contribution >= 0.6 is 0 Å². The molecule has 0 fully saturated rings. The summed E-state index contributed by atoms with van der Waals surface area (Å²) >= 11 is 0. The highest BCUT2D eigenvalue weighted by atomic mass is 16.5. The van der Waals surface area contributed by atoms with E-state index in [4.69, 9.17) is 4.74 Å². The van der Waals surface area contributed by atoms with Crippen LogP contribution in [-0.4, -0.2) is 32.0 Å². The molecule has 2 aromatic rings. The minimum atomic E-state index is -0.171. The molecule has 5 heteroatoms. The molecule has 26 heavy (non-hydrogen) atoms. The predicted molar refractivity (Wildman–Crippen MR) is 101 cm³/mol. The minimum Gasteiger partial charge on any atom is -0.380 e. The number of anilines is 1. The molecule has 0 unspecified atom stereocenters. The van der Waals surface area contributed by atoms with Gasteiger partial charge in [0, 0.05) is 37.9 Å². The van der Waals surface area contributed by atoms with Crippen molar-refractivity contribution in [2.75, 3.05) is 25.1 Å². The zero-order valence-electron chi connectivity index (χ0n) is 15.0. The Morgan fingerprint density at radius 3 is 2.85 bits per heavy atom. The van der Waals surface area contributed by atoms with Gasteiger partial charge in [-0.15, -0.1) is 0 Å². The summed E-state index contributed by atoms with van der Waals surface area (Å²) in [7, 11) is 1.62. The van der Waals surface area contributed by atoms with Crippen molar-refractivity contribution < 1.29 is 14.3 Å². The van der Waals surface area contributed by atoms with Gasteiger partial charge in [0.25, 0.3) is 5.91 Å². The van der Waals surface area contributed by atoms with E-state index in [1.165, 1.54) is 5.56 Å². The van der Waals surface area contributed by atoms with E-state index in [9.17, 15) is 9.59 Å². The van der Waals surface area contributed by atoms with Crippen molar-refractivity contribution >= 4 is 17.5 Å². The normalized spacial score (nSPS) is 13.2. The Kier molecular flexibility index (Phi) is 6.02. The molecule has 0 aromatic heterocycles. The SMILES string of the molecule is COCc1cccc(C(=O)NCCC(=O)N2CCCc3ccccc32)c1. The van der Waals surface area contributed by atoms with E-state index in [0.717, 1.165) is 30.6 Å². The Hall–Kier alpha value is -2.66. The number of fused-ring (bicyclic) bond motifs is 1. The first kappa shape index (κ1) is 18.1. The fraction of sp³-hybridized carbons (Fsp3) is 0.333. The smallest absolute Gasteiger partial charge is 0.251 e. The third-order valence-electron chi connectivity index (χ3n) is 4.54. The van der Waals surface area contributed by atoms with E-state index in [-0.39, 0.29) is 18.2 Å². The summed E-state index contributed by atoms with van der Waals surface area (Å²) in [6.07, 6.45) is 2.27. The maximum Gasteiger partial charge on any atom is 0.251 e. The van der Waals surface area contributed by atoms with Crippen LogP contribution in [-0.2, 0) is 22.6 Å². The topological polar surface area (TPSA) is 58.6 Å². The third kappa shape index (κ3) is 4.29. The standard InChI is InChI=1S/C21H24N2O3/c1-26-15-16-6-4-8-18(14-16)21(25)22-12-11-20(24)23-13-5-9-17-7-2-3-10-19(17)23/h2-4,6-8,10,14H,5,9,11-13,15H2,1H3,(H,22,25). The molecule has 0 saturated heterocycles. The third-order valence-corrected chi connectivity index (χ3v) is 4.54. The molecular weight excluding hydrogens is 328 g/mol. The molecule has 0 atom stereocenters. The summed E-state index contributed by atoms with van der Waals surface area (Å²) < 4.78 is 5.09. The van der Waals surface area contributed by atoms with Gasteiger partial charge in [0.05, 0.1) is 6.61 Å². The minimum absolute atomic E-state index is 0.0468. The number of aryl methyl sites for hydroxylation is 1. The van der Waals surface area contributed by atoms with Crippen molar-refractivity contribution in [1.29, 1.82) is 0 Å². The molecule has 1 heterocycles. The molecule has 1 N–H and O–H groups in total. The number of nitrogens with zero attached hydrogens (tertiary/aromatic N) is 1. The van der Waals surface area contributed by atoms with Crippen molar-refractivity contribution in [3.63, 3.8) is 0 Å². The number of amides is 2. The number of methoxy groups -OCH3 is 1. The molecular formula is C21H24N2O3. The highest BCUT2D eigenvalue weighted by molar-refractivity contribution is 5.96. The van der Waals surface area contributed by atoms with Gasteiger partial charge in [0.15, 0.2) is 0 Å². The molecule has 0 spiro atoms. The van der Waals surface area contributed by atoms with E-state index in [1.807, 2.05) is 41.3 Å². The molecule has 0 radical (unpaired) electrons. The van der Waals surface area contributed by atoms with Gasteiger partial charge in [0.2, 0.25) is 5.91 Å². The quantitative estimate of drug-likeness (QED) is 0.870. The van der Waals surface area contributed by atoms with Crippen LogP contribution in [0.15, 0.2) is 48.5 Å². The zero-order chi connectivity index (χ0) is 18.4. The van der Waals surface area contributed by atoms with Crippen molar-refractivity contribution in [2.45, 2.75) is 25.9 Å². The predicted octanol–water partition coefficient (Wildman–Crippen LogP) is 2.93. The first-order valence-electron chi connectivity index (χ1n) is 8.93. The lowest BCUT2D eigenvalue weighted by atomic mass is 10.0. The monoisotopic (exact) mass is 352 g/mol. The average molecular weight is 352 g/mol. The number of rotatable bonds is 6. The van der Waals surface area contributed by atoms with Crippen LogP contribution in [0.4, 0.5) is 5.69 Å². The molecule has 3 rings (SSSR count). The maximum absolute atomic E-state index is 12.6. The first-order chi connectivity index (χ1) is 12.7. The van der Waals surface area contributed by atoms with Crippen molar-refractivity contribution in [3.8, 4) is 0 Å². The number of ether oxygens (including phenoxy) is 1. The molecule has 2 aromatic carbocycles. The number of nitrogens with one attached hydrogen (secondary N) is 1. The summed E-state index contributed by atoms with van der Waals surface area (Å²) in [6, 6.07) is 15.3. The average Bonchev–Trinajstić information content (AvgIpc) is 2.68. The van der Waals surface area contributed by atoms with Crippen LogP contribution in [0.25, 0.3) is 0 Å². The van der Waals surface area contributed by atoms with Crippen LogP contribution < -0.4 is 10.2 Å². The fourth-order valence-corrected chi connectivity index (χ4v) is 3.28. The lowest BCUT2D eigenvalue weighted by Gasteiger charge is -2.29. The summed E-state index contributed by atoms with van der Waals surface area (Å²) in [5.74, 6) is -0.125. The second kappa shape index (κ2) is 8.63. The number of hydrogen-bond donors (Lipinski definition) is 1. The second-order valence-corrected chi connectivity index (χ2v) is 6.42. The van der Waals surface area contributed by atoms with E-state index in [2.05, 4.69) is 11.4 Å². The van der Waals surface area contributed by atoms with Crippen LogP contribution in [0, 0.1) is 0 Å². The number of benzene rings is 2. The van der Waals surface area contributed by atoms with Crippen molar-refractivity contribution in [2.24, 2.45) is 0 Å². The Labute approximate surface area is 154 Å². The molecule has 1 aliphatic rings. The molecule has 0 saturated carbocycles. The molecule has 0 aliphatic carbocycles. The van der Waals surface area contributed by atoms with Gasteiger partial charge in [-0.2, -0.15) is 0 Å².